The topological polar surface area (TPSA) is 177 Å². The van der Waals surface area contributed by atoms with Crippen molar-refractivity contribution < 1.29 is 37.6 Å². The van der Waals surface area contributed by atoms with Crippen molar-refractivity contribution in [2.24, 2.45) is 5.92 Å². The minimum atomic E-state index is -4.77. The van der Waals surface area contributed by atoms with Crippen LogP contribution >= 0.6 is 15.4 Å². The van der Waals surface area contributed by atoms with E-state index in [2.05, 4.69) is 4.52 Å². The Labute approximate surface area is 153 Å². The molecule has 1 aromatic heterocycles. The van der Waals surface area contributed by atoms with E-state index in [0.717, 1.165) is 16.8 Å². The molecule has 0 saturated carbocycles. The third-order valence-electron chi connectivity index (χ3n) is 4.16. The second-order valence-corrected chi connectivity index (χ2v) is 10.1. The number of hydrogen-bond acceptors (Lipinski definition) is 7. The van der Waals surface area contributed by atoms with Crippen LogP contribution in [-0.4, -0.2) is 48.7 Å². The van der Waals surface area contributed by atoms with E-state index in [1.807, 2.05) is 4.98 Å². The molecule has 0 spiro atoms. The van der Waals surface area contributed by atoms with E-state index in [1.165, 1.54) is 13.8 Å². The lowest BCUT2D eigenvalue weighted by Gasteiger charge is -2.26. The van der Waals surface area contributed by atoms with Gasteiger partial charge in [-0.1, -0.05) is 20.8 Å². The summed E-state index contributed by atoms with van der Waals surface area (Å²) < 4.78 is 39.7. The Kier molecular flexibility index (Phi) is 6.66. The van der Waals surface area contributed by atoms with Gasteiger partial charge in [0.15, 0.2) is 6.23 Å². The van der Waals surface area contributed by atoms with Crippen LogP contribution in [0, 0.1) is 5.92 Å². The Hall–Kier alpha value is -1.10. The lowest BCUT2D eigenvalue weighted by molar-refractivity contribution is -0.0498. The van der Waals surface area contributed by atoms with Gasteiger partial charge >= 0.3 is 21.1 Å². The van der Waals surface area contributed by atoms with Gasteiger partial charge in [0.1, 0.15) is 6.10 Å². The Morgan fingerprint density at radius 3 is 2.44 bits per heavy atom. The molecular weight excluding hydrogens is 406 g/mol. The molecule has 2 rings (SSSR count). The maximum atomic E-state index is 12.3. The van der Waals surface area contributed by atoms with E-state index in [0.29, 0.717) is 0 Å². The average molecular weight is 428 g/mol. The van der Waals surface area contributed by atoms with E-state index >= 15 is 0 Å². The summed E-state index contributed by atoms with van der Waals surface area (Å²) in [5.74, 6) is -0.667. The molecule has 1 saturated heterocycles. The van der Waals surface area contributed by atoms with Gasteiger partial charge in [0, 0.05) is 18.2 Å². The first-order valence-corrected chi connectivity index (χ1v) is 11.2. The number of aromatic amines is 1. The van der Waals surface area contributed by atoms with Gasteiger partial charge < -0.3 is 19.4 Å². The predicted octanol–water partition coefficient (Wildman–Crippen LogP) is 0.158. The third kappa shape index (κ3) is 5.46. The van der Waals surface area contributed by atoms with Gasteiger partial charge in [0.05, 0.1) is 18.4 Å². The minimum absolute atomic E-state index is 0.530. The molecule has 1 fully saturated rings. The summed E-state index contributed by atoms with van der Waals surface area (Å²) >= 11 is 0. The molecule has 0 amide bonds. The number of phosphoric acid groups is 1. The number of aromatic nitrogens is 2. The summed E-state index contributed by atoms with van der Waals surface area (Å²) in [5, 5.41) is 0. The van der Waals surface area contributed by atoms with Gasteiger partial charge in [-0.2, -0.15) is 0 Å². The van der Waals surface area contributed by atoms with Gasteiger partial charge in [0.2, 0.25) is 0 Å². The van der Waals surface area contributed by atoms with E-state index < -0.39 is 63.3 Å². The lowest BCUT2D eigenvalue weighted by atomic mass is 10.0. The van der Waals surface area contributed by atoms with Crippen LogP contribution in [0.3, 0.4) is 0 Å². The van der Waals surface area contributed by atoms with Gasteiger partial charge in [-0.15, -0.1) is 0 Å². The second kappa shape index (κ2) is 8.10. The summed E-state index contributed by atoms with van der Waals surface area (Å²) in [4.78, 5) is 53.2. The van der Waals surface area contributed by atoms with E-state index in [4.69, 9.17) is 19.0 Å². The van der Waals surface area contributed by atoms with Crippen LogP contribution in [0.15, 0.2) is 21.9 Å². The number of phosphoric ester groups is 1. The Balaban J connectivity index is 2.37. The maximum Gasteiger partial charge on any atom is 0.469 e. The zero-order valence-corrected chi connectivity index (χ0v) is 16.6. The summed E-state index contributed by atoms with van der Waals surface area (Å²) in [6.07, 6.45) is -2.14. The fraction of sp³-hybridized carbons (Fsp3) is 0.692. The average Bonchev–Trinajstić information content (AvgIpc) is 2.81. The molecule has 0 bridgehead atoms. The number of hydrogen-bond donors (Lipinski definition) is 4. The van der Waals surface area contributed by atoms with Crippen LogP contribution in [0.2, 0.25) is 0 Å². The van der Waals surface area contributed by atoms with Crippen molar-refractivity contribution in [1.29, 1.82) is 0 Å². The molecule has 0 aliphatic carbocycles. The molecule has 1 unspecified atom stereocenters. The van der Waals surface area contributed by atoms with Gasteiger partial charge in [-0.25, -0.2) is 9.36 Å². The van der Waals surface area contributed by atoms with Crippen molar-refractivity contribution in [3.8, 4) is 0 Å². The second-order valence-electron chi connectivity index (χ2n) is 6.46. The zero-order chi connectivity index (χ0) is 20.6. The summed E-state index contributed by atoms with van der Waals surface area (Å²) in [5.41, 5.74) is -2.21. The Bertz CT molecular complexity index is 874. The van der Waals surface area contributed by atoms with E-state index in [9.17, 15) is 23.6 Å². The van der Waals surface area contributed by atoms with Crippen molar-refractivity contribution in [1.82, 2.24) is 9.55 Å². The monoisotopic (exact) mass is 428 g/mol. The van der Waals surface area contributed by atoms with Crippen molar-refractivity contribution in [2.75, 3.05) is 6.61 Å². The highest BCUT2D eigenvalue weighted by molar-refractivity contribution is 7.53. The fourth-order valence-corrected chi connectivity index (χ4v) is 3.74. The first kappa shape index (κ1) is 22.2. The van der Waals surface area contributed by atoms with Crippen LogP contribution in [0.25, 0.3) is 0 Å². The van der Waals surface area contributed by atoms with Crippen molar-refractivity contribution in [3.05, 3.63) is 33.1 Å². The van der Waals surface area contributed by atoms with Crippen LogP contribution in [-0.2, 0) is 22.9 Å². The maximum absolute atomic E-state index is 12.3. The molecule has 0 aromatic carbocycles. The van der Waals surface area contributed by atoms with Crippen LogP contribution < -0.4 is 11.2 Å². The number of H-pyrrole nitrogens is 1. The van der Waals surface area contributed by atoms with Crippen LogP contribution in [0.1, 0.15) is 27.0 Å². The van der Waals surface area contributed by atoms with Gasteiger partial charge in [0.25, 0.3) is 5.56 Å². The first-order valence-electron chi connectivity index (χ1n) is 7.99. The summed E-state index contributed by atoms with van der Waals surface area (Å²) in [6, 6.07) is 1.06. The lowest BCUT2D eigenvalue weighted by Crippen LogP contribution is -2.36. The SMILES string of the molecule is CC(C)P(=O)(O)O[C@@H]1[C@H](C)[C@@H](COP(=O)(O)O)O[C@H]1n1ccc(=O)[nH]c1=O. The molecule has 12 nitrogen and oxygen atoms in total. The molecule has 1 aliphatic heterocycles. The Morgan fingerprint density at radius 2 is 1.93 bits per heavy atom. The number of rotatable bonds is 7. The molecular formula is C13H22N2O10P2. The standard InChI is InChI=1S/C13H22N2O10P2/c1-7(2)26(18,19)25-11-8(3)9(6-23-27(20,21)22)24-12(11)15-5-4-10(16)14-13(15)17/h4-5,7-9,11-12H,6H2,1-3H3,(H,18,19)(H,14,16,17)(H2,20,21,22)/t8-,9-,11-,12-/m1/s1. The first-order chi connectivity index (χ1) is 12.3. The van der Waals surface area contributed by atoms with Crippen molar-refractivity contribution >= 4 is 15.4 Å². The number of ether oxygens (including phenoxy) is 1. The largest absolute Gasteiger partial charge is 0.469 e. The van der Waals surface area contributed by atoms with E-state index in [-0.39, 0.29) is 0 Å². The highest BCUT2D eigenvalue weighted by atomic mass is 31.2. The van der Waals surface area contributed by atoms with Crippen LogP contribution in [0.4, 0.5) is 0 Å². The highest BCUT2D eigenvalue weighted by Crippen LogP contribution is 2.53. The normalized spacial score (nSPS) is 28.4. The van der Waals surface area contributed by atoms with Crippen LogP contribution in [0.5, 0.6) is 0 Å². The quantitative estimate of drug-likeness (QED) is 0.437. The highest BCUT2D eigenvalue weighted by Gasteiger charge is 2.48. The smallest absolute Gasteiger partial charge is 0.349 e. The molecule has 4 N–H and O–H groups in total. The molecule has 0 radical (unpaired) electrons. The van der Waals surface area contributed by atoms with E-state index in [1.54, 1.807) is 6.92 Å². The van der Waals surface area contributed by atoms with Gasteiger partial charge in [-0.3, -0.25) is 28.0 Å². The predicted molar refractivity (Wildman–Crippen MR) is 92.2 cm³/mol. The molecule has 154 valence electrons. The van der Waals surface area contributed by atoms with Crippen molar-refractivity contribution in [2.45, 2.75) is 44.9 Å². The molecule has 1 aromatic rings. The van der Waals surface area contributed by atoms with Crippen molar-refractivity contribution in [3.63, 3.8) is 0 Å². The number of nitrogens with one attached hydrogen (secondary N) is 1. The fourth-order valence-electron chi connectivity index (χ4n) is 2.51. The molecule has 1 aliphatic rings. The number of nitrogens with zero attached hydrogens (tertiary/aromatic N) is 1. The molecule has 5 atom stereocenters. The summed E-state index contributed by atoms with van der Waals surface area (Å²) in [6.45, 7) is 4.00. The molecule has 2 heterocycles. The molecule has 27 heavy (non-hydrogen) atoms. The zero-order valence-electron chi connectivity index (χ0n) is 14.8. The van der Waals surface area contributed by atoms with Gasteiger partial charge in [-0.05, 0) is 0 Å². The minimum Gasteiger partial charge on any atom is -0.349 e. The molecule has 14 heteroatoms. The third-order valence-corrected chi connectivity index (χ3v) is 6.49. The summed E-state index contributed by atoms with van der Waals surface area (Å²) in [7, 11) is -8.84. The Morgan fingerprint density at radius 1 is 1.30 bits per heavy atom.